The van der Waals surface area contributed by atoms with Gasteiger partial charge in [-0.05, 0) is 31.5 Å². The number of benzene rings is 1. The maximum atomic E-state index is 12.9. The SMILES string of the molecule is CC(C)(C(=O)Nc1ncc(Cc2ccc(F)cc2)s1)n1cncn1. The molecular weight excluding hydrogens is 329 g/mol. The predicted molar refractivity (Wildman–Crippen MR) is 89.3 cm³/mol. The number of thiazole rings is 1. The first-order chi connectivity index (χ1) is 11.4. The van der Waals surface area contributed by atoms with Gasteiger partial charge in [0.15, 0.2) is 5.13 Å². The van der Waals surface area contributed by atoms with Crippen molar-refractivity contribution < 1.29 is 9.18 Å². The highest BCUT2D eigenvalue weighted by Gasteiger charge is 2.31. The molecule has 6 nitrogen and oxygen atoms in total. The first kappa shape index (κ1) is 16.3. The highest BCUT2D eigenvalue weighted by Crippen LogP contribution is 2.23. The summed E-state index contributed by atoms with van der Waals surface area (Å²) in [6.07, 6.45) is 5.24. The minimum atomic E-state index is -0.876. The molecule has 1 N–H and O–H groups in total. The summed E-state index contributed by atoms with van der Waals surface area (Å²) in [5.41, 5.74) is 0.111. The van der Waals surface area contributed by atoms with Crippen LogP contribution in [0, 0.1) is 5.82 Å². The number of rotatable bonds is 5. The van der Waals surface area contributed by atoms with Gasteiger partial charge in [-0.15, -0.1) is 11.3 Å². The molecule has 1 aromatic carbocycles. The summed E-state index contributed by atoms with van der Waals surface area (Å²) in [6, 6.07) is 6.33. The van der Waals surface area contributed by atoms with Gasteiger partial charge in [0, 0.05) is 17.5 Å². The molecule has 124 valence electrons. The molecule has 3 aromatic rings. The second-order valence-corrected chi connectivity index (χ2v) is 6.90. The van der Waals surface area contributed by atoms with Gasteiger partial charge in [-0.3, -0.25) is 10.1 Å². The smallest absolute Gasteiger partial charge is 0.253 e. The Bertz CT molecular complexity index is 827. The number of nitrogens with one attached hydrogen (secondary N) is 1. The fourth-order valence-corrected chi connectivity index (χ4v) is 2.94. The lowest BCUT2D eigenvalue weighted by Gasteiger charge is -2.22. The molecule has 0 saturated heterocycles. The minimum Gasteiger partial charge on any atom is -0.300 e. The van der Waals surface area contributed by atoms with Crippen LogP contribution in [0.3, 0.4) is 0 Å². The van der Waals surface area contributed by atoms with Crippen LogP contribution in [0.5, 0.6) is 0 Å². The van der Waals surface area contributed by atoms with E-state index in [-0.39, 0.29) is 11.7 Å². The predicted octanol–water partition coefficient (Wildman–Crippen LogP) is 2.84. The Morgan fingerprint density at radius 3 is 2.75 bits per heavy atom. The van der Waals surface area contributed by atoms with E-state index < -0.39 is 5.54 Å². The quantitative estimate of drug-likeness (QED) is 0.772. The van der Waals surface area contributed by atoms with Crippen molar-refractivity contribution in [3.8, 4) is 0 Å². The van der Waals surface area contributed by atoms with Crippen molar-refractivity contribution in [1.82, 2.24) is 19.7 Å². The molecule has 0 radical (unpaired) electrons. The molecule has 8 heteroatoms. The number of carbonyl (C=O) groups excluding carboxylic acids is 1. The highest BCUT2D eigenvalue weighted by molar-refractivity contribution is 7.15. The molecule has 0 saturated carbocycles. The number of nitrogens with zero attached hydrogens (tertiary/aromatic N) is 4. The third kappa shape index (κ3) is 3.48. The lowest BCUT2D eigenvalue weighted by atomic mass is 10.1. The summed E-state index contributed by atoms with van der Waals surface area (Å²) in [5, 5.41) is 7.34. The second kappa shape index (κ2) is 6.48. The van der Waals surface area contributed by atoms with Gasteiger partial charge in [0.25, 0.3) is 5.91 Å². The van der Waals surface area contributed by atoms with E-state index in [0.717, 1.165) is 10.4 Å². The summed E-state index contributed by atoms with van der Waals surface area (Å²) in [4.78, 5) is 21.5. The fraction of sp³-hybridized carbons (Fsp3) is 0.250. The van der Waals surface area contributed by atoms with E-state index >= 15 is 0 Å². The van der Waals surface area contributed by atoms with E-state index in [1.54, 1.807) is 32.2 Å². The van der Waals surface area contributed by atoms with Gasteiger partial charge in [0.2, 0.25) is 0 Å². The average Bonchev–Trinajstić information content (AvgIpc) is 3.22. The minimum absolute atomic E-state index is 0.226. The molecule has 2 heterocycles. The van der Waals surface area contributed by atoms with Crippen LogP contribution in [-0.4, -0.2) is 25.7 Å². The zero-order valence-electron chi connectivity index (χ0n) is 13.2. The van der Waals surface area contributed by atoms with E-state index in [1.807, 2.05) is 0 Å². The largest absolute Gasteiger partial charge is 0.300 e. The summed E-state index contributed by atoms with van der Waals surface area (Å²) < 4.78 is 14.4. The van der Waals surface area contributed by atoms with Crippen LogP contribution >= 0.6 is 11.3 Å². The monoisotopic (exact) mass is 345 g/mol. The van der Waals surface area contributed by atoms with Crippen LogP contribution in [0.15, 0.2) is 43.1 Å². The Labute approximate surface area is 142 Å². The number of hydrogen-bond donors (Lipinski definition) is 1. The third-order valence-corrected chi connectivity index (χ3v) is 4.53. The van der Waals surface area contributed by atoms with Crippen molar-refractivity contribution in [2.45, 2.75) is 25.8 Å². The molecule has 3 rings (SSSR count). The Morgan fingerprint density at radius 2 is 2.08 bits per heavy atom. The molecular formula is C16H16FN5OS. The van der Waals surface area contributed by atoms with Crippen LogP contribution in [-0.2, 0) is 16.8 Å². The number of carbonyl (C=O) groups is 1. The summed E-state index contributed by atoms with van der Waals surface area (Å²) in [7, 11) is 0. The first-order valence-electron chi connectivity index (χ1n) is 7.31. The lowest BCUT2D eigenvalue weighted by Crippen LogP contribution is -2.40. The topological polar surface area (TPSA) is 72.7 Å². The van der Waals surface area contributed by atoms with Gasteiger partial charge in [-0.2, -0.15) is 5.10 Å². The van der Waals surface area contributed by atoms with Crippen molar-refractivity contribution in [2.75, 3.05) is 5.32 Å². The van der Waals surface area contributed by atoms with Crippen molar-refractivity contribution in [3.05, 3.63) is 59.4 Å². The van der Waals surface area contributed by atoms with E-state index in [1.165, 1.54) is 40.8 Å². The van der Waals surface area contributed by atoms with Crippen LogP contribution in [0.2, 0.25) is 0 Å². The van der Waals surface area contributed by atoms with E-state index in [2.05, 4.69) is 20.4 Å². The van der Waals surface area contributed by atoms with Gasteiger partial charge in [-0.25, -0.2) is 19.0 Å². The van der Waals surface area contributed by atoms with Crippen molar-refractivity contribution >= 4 is 22.4 Å². The Hall–Kier alpha value is -2.61. The van der Waals surface area contributed by atoms with Crippen LogP contribution in [0.4, 0.5) is 9.52 Å². The molecule has 0 aliphatic heterocycles. The number of aromatic nitrogens is 4. The van der Waals surface area contributed by atoms with Crippen LogP contribution in [0.1, 0.15) is 24.3 Å². The highest BCUT2D eigenvalue weighted by atomic mass is 32.1. The van der Waals surface area contributed by atoms with Gasteiger partial charge in [0.05, 0.1) is 0 Å². The Balaban J connectivity index is 1.67. The van der Waals surface area contributed by atoms with Gasteiger partial charge in [-0.1, -0.05) is 12.1 Å². The molecule has 1 amide bonds. The average molecular weight is 345 g/mol. The molecule has 0 atom stereocenters. The number of halogens is 1. The van der Waals surface area contributed by atoms with Gasteiger partial charge >= 0.3 is 0 Å². The maximum Gasteiger partial charge on any atom is 0.253 e. The zero-order valence-corrected chi connectivity index (χ0v) is 14.0. The van der Waals surface area contributed by atoms with Crippen molar-refractivity contribution in [1.29, 1.82) is 0 Å². The zero-order chi connectivity index (χ0) is 17.2. The number of anilines is 1. The summed E-state index contributed by atoms with van der Waals surface area (Å²) >= 11 is 1.39. The third-order valence-electron chi connectivity index (χ3n) is 3.61. The maximum absolute atomic E-state index is 12.9. The molecule has 2 aromatic heterocycles. The first-order valence-corrected chi connectivity index (χ1v) is 8.12. The summed E-state index contributed by atoms with van der Waals surface area (Å²) in [5.74, 6) is -0.484. The molecule has 0 unspecified atom stereocenters. The molecule has 0 aliphatic rings. The fourth-order valence-electron chi connectivity index (χ4n) is 2.10. The van der Waals surface area contributed by atoms with E-state index in [0.29, 0.717) is 11.6 Å². The molecule has 24 heavy (non-hydrogen) atoms. The van der Waals surface area contributed by atoms with Crippen LogP contribution < -0.4 is 5.32 Å². The van der Waals surface area contributed by atoms with Gasteiger partial charge in [0.1, 0.15) is 24.0 Å². The van der Waals surface area contributed by atoms with E-state index in [4.69, 9.17) is 0 Å². The summed E-state index contributed by atoms with van der Waals surface area (Å²) in [6.45, 7) is 3.51. The number of hydrogen-bond acceptors (Lipinski definition) is 5. The number of amides is 1. The molecule has 0 bridgehead atoms. The molecule has 0 fully saturated rings. The Morgan fingerprint density at radius 1 is 1.33 bits per heavy atom. The van der Waals surface area contributed by atoms with Crippen LogP contribution in [0.25, 0.3) is 0 Å². The standard InChI is InChI=1S/C16H16FN5OS/c1-16(2,22-10-18-9-20-22)14(23)21-15-19-8-13(24-15)7-11-3-5-12(17)6-4-11/h3-6,8-10H,7H2,1-2H3,(H,19,21,23). The van der Waals surface area contributed by atoms with E-state index in [9.17, 15) is 9.18 Å². The van der Waals surface area contributed by atoms with Gasteiger partial charge < -0.3 is 0 Å². The lowest BCUT2D eigenvalue weighted by molar-refractivity contribution is -0.123. The Kier molecular flexibility index (Phi) is 4.39. The second-order valence-electron chi connectivity index (χ2n) is 5.79. The molecule has 0 aliphatic carbocycles. The molecule has 0 spiro atoms. The van der Waals surface area contributed by atoms with Crippen molar-refractivity contribution in [3.63, 3.8) is 0 Å². The normalized spacial score (nSPS) is 11.5. The van der Waals surface area contributed by atoms with Crippen molar-refractivity contribution in [2.24, 2.45) is 0 Å².